The van der Waals surface area contributed by atoms with E-state index in [-0.39, 0.29) is 30.7 Å². The van der Waals surface area contributed by atoms with Crippen LogP contribution in [-0.4, -0.2) is 42.6 Å². The normalized spacial score (nSPS) is 10.6. The molecule has 2 aromatic rings. The maximum Gasteiger partial charge on any atom is 0.238 e. The van der Waals surface area contributed by atoms with Gasteiger partial charge in [-0.2, -0.15) is 0 Å². The Morgan fingerprint density at radius 2 is 1.67 bits per heavy atom. The topological polar surface area (TPSA) is 78.5 Å². The summed E-state index contributed by atoms with van der Waals surface area (Å²) in [5.74, 6) is -0.525. The second kappa shape index (κ2) is 9.43. The second-order valence-corrected chi connectivity index (χ2v) is 7.28. The van der Waals surface area contributed by atoms with Crippen molar-refractivity contribution in [2.24, 2.45) is 0 Å². The van der Waals surface area contributed by atoms with Gasteiger partial charge in [0.05, 0.1) is 13.1 Å². The minimum atomic E-state index is -0.258. The third-order valence-electron chi connectivity index (χ3n) is 3.84. The van der Waals surface area contributed by atoms with Crippen molar-refractivity contribution in [3.63, 3.8) is 0 Å². The van der Waals surface area contributed by atoms with Gasteiger partial charge < -0.3 is 10.6 Å². The molecule has 142 valence electrons. The summed E-state index contributed by atoms with van der Waals surface area (Å²) < 4.78 is 0.945. The van der Waals surface area contributed by atoms with Crippen LogP contribution in [0.2, 0.25) is 0 Å². The molecule has 0 saturated carbocycles. The average Bonchev–Trinajstić information content (AvgIpc) is 2.57. The molecule has 0 aliphatic carbocycles. The molecule has 2 rings (SSSR count). The highest BCUT2D eigenvalue weighted by molar-refractivity contribution is 9.10. The van der Waals surface area contributed by atoms with E-state index in [1.807, 2.05) is 25.1 Å². The van der Waals surface area contributed by atoms with Crippen LogP contribution in [0.3, 0.4) is 0 Å². The summed E-state index contributed by atoms with van der Waals surface area (Å²) in [4.78, 5) is 37.4. The fraction of sp³-hybridized carbons (Fsp3) is 0.250. The fourth-order valence-corrected chi connectivity index (χ4v) is 3.00. The number of nitrogens with zero attached hydrogens (tertiary/aromatic N) is 1. The van der Waals surface area contributed by atoms with Gasteiger partial charge in [0.25, 0.3) is 0 Å². The van der Waals surface area contributed by atoms with Crippen LogP contribution in [0.5, 0.6) is 0 Å². The first kappa shape index (κ1) is 20.8. The number of aryl methyl sites for hydroxylation is 1. The zero-order chi connectivity index (χ0) is 20.0. The summed E-state index contributed by atoms with van der Waals surface area (Å²) in [7, 11) is 1.69. The molecule has 6 nitrogen and oxygen atoms in total. The van der Waals surface area contributed by atoms with Crippen molar-refractivity contribution in [2.75, 3.05) is 30.8 Å². The third-order valence-corrected chi connectivity index (χ3v) is 4.34. The molecule has 0 unspecified atom stereocenters. The molecule has 0 heterocycles. The summed E-state index contributed by atoms with van der Waals surface area (Å²) in [5.41, 5.74) is 2.77. The maximum atomic E-state index is 12.2. The van der Waals surface area contributed by atoms with Gasteiger partial charge in [0.2, 0.25) is 11.8 Å². The molecular weight excluding hydrogens is 410 g/mol. The van der Waals surface area contributed by atoms with E-state index in [0.29, 0.717) is 11.3 Å². The molecule has 0 atom stereocenters. The number of nitrogens with one attached hydrogen (secondary N) is 2. The number of ketones is 1. The summed E-state index contributed by atoms with van der Waals surface area (Å²) in [6, 6.07) is 12.3. The lowest BCUT2D eigenvalue weighted by Crippen LogP contribution is -2.36. The van der Waals surface area contributed by atoms with Gasteiger partial charge in [-0.3, -0.25) is 19.3 Å². The maximum absolute atomic E-state index is 12.2. The van der Waals surface area contributed by atoms with Gasteiger partial charge in [0, 0.05) is 21.4 Å². The van der Waals surface area contributed by atoms with Crippen molar-refractivity contribution in [3.8, 4) is 0 Å². The molecule has 2 amide bonds. The van der Waals surface area contributed by atoms with Gasteiger partial charge in [-0.15, -0.1) is 0 Å². The standard InChI is InChI=1S/C20H22BrN3O3/c1-13-9-16(21)7-8-18(13)23-20(27)12-24(3)11-19(26)22-17-6-4-5-15(10-17)14(2)25/h4-10H,11-12H2,1-3H3,(H,22,26)(H,23,27). The summed E-state index contributed by atoms with van der Waals surface area (Å²) in [6.45, 7) is 3.51. The van der Waals surface area contributed by atoms with Crippen molar-refractivity contribution in [1.82, 2.24) is 4.90 Å². The molecule has 0 aliphatic rings. The SMILES string of the molecule is CC(=O)c1cccc(NC(=O)CN(C)CC(=O)Nc2ccc(Br)cc2C)c1. The summed E-state index contributed by atoms with van der Waals surface area (Å²) >= 11 is 3.39. The lowest BCUT2D eigenvalue weighted by molar-refractivity contribution is -0.119. The van der Waals surface area contributed by atoms with Crippen molar-refractivity contribution < 1.29 is 14.4 Å². The first-order valence-electron chi connectivity index (χ1n) is 8.40. The van der Waals surface area contributed by atoms with Gasteiger partial charge in [-0.25, -0.2) is 0 Å². The van der Waals surface area contributed by atoms with Crippen LogP contribution >= 0.6 is 15.9 Å². The van der Waals surface area contributed by atoms with Gasteiger partial charge in [0.15, 0.2) is 5.78 Å². The first-order valence-corrected chi connectivity index (χ1v) is 9.19. The van der Waals surface area contributed by atoms with Crippen LogP contribution < -0.4 is 10.6 Å². The largest absolute Gasteiger partial charge is 0.325 e. The van der Waals surface area contributed by atoms with Gasteiger partial charge in [0.1, 0.15) is 0 Å². The Kier molecular flexibility index (Phi) is 7.27. The van der Waals surface area contributed by atoms with E-state index in [1.54, 1.807) is 36.2 Å². The monoisotopic (exact) mass is 431 g/mol. The number of carbonyl (C=O) groups is 3. The second-order valence-electron chi connectivity index (χ2n) is 6.36. The number of benzene rings is 2. The Morgan fingerprint density at radius 3 is 2.30 bits per heavy atom. The van der Waals surface area contributed by atoms with Crippen molar-refractivity contribution in [2.45, 2.75) is 13.8 Å². The number of carbonyl (C=O) groups excluding carboxylic acids is 3. The minimum absolute atomic E-state index is 0.0526. The van der Waals surface area contributed by atoms with Crippen LogP contribution in [-0.2, 0) is 9.59 Å². The molecule has 27 heavy (non-hydrogen) atoms. The smallest absolute Gasteiger partial charge is 0.238 e. The molecule has 0 bridgehead atoms. The zero-order valence-electron chi connectivity index (χ0n) is 15.5. The van der Waals surface area contributed by atoms with E-state index >= 15 is 0 Å². The molecule has 2 aromatic carbocycles. The summed E-state index contributed by atoms with van der Waals surface area (Å²) in [5, 5.41) is 5.58. The highest BCUT2D eigenvalue weighted by Gasteiger charge is 2.12. The predicted molar refractivity (Wildman–Crippen MR) is 110 cm³/mol. The molecular formula is C20H22BrN3O3. The Balaban J connectivity index is 1.86. The van der Waals surface area contributed by atoms with E-state index < -0.39 is 0 Å². The highest BCUT2D eigenvalue weighted by atomic mass is 79.9. The van der Waals surface area contributed by atoms with Crippen molar-refractivity contribution in [3.05, 3.63) is 58.1 Å². The molecule has 2 N–H and O–H groups in total. The average molecular weight is 432 g/mol. The van der Waals surface area contributed by atoms with Crippen LogP contribution in [0.4, 0.5) is 11.4 Å². The number of hydrogen-bond donors (Lipinski definition) is 2. The first-order chi connectivity index (χ1) is 12.7. The zero-order valence-corrected chi connectivity index (χ0v) is 17.1. The molecule has 0 aromatic heterocycles. The lowest BCUT2D eigenvalue weighted by Gasteiger charge is -2.17. The van der Waals surface area contributed by atoms with Crippen molar-refractivity contribution in [1.29, 1.82) is 0 Å². The lowest BCUT2D eigenvalue weighted by atomic mass is 10.1. The van der Waals surface area contributed by atoms with Gasteiger partial charge >= 0.3 is 0 Å². The Labute approximate surface area is 167 Å². The van der Waals surface area contributed by atoms with E-state index in [4.69, 9.17) is 0 Å². The van der Waals surface area contributed by atoms with Crippen LogP contribution in [0.1, 0.15) is 22.8 Å². The highest BCUT2D eigenvalue weighted by Crippen LogP contribution is 2.20. The minimum Gasteiger partial charge on any atom is -0.325 e. The number of halogens is 1. The number of hydrogen-bond acceptors (Lipinski definition) is 4. The summed E-state index contributed by atoms with van der Waals surface area (Å²) in [6.07, 6.45) is 0. The molecule has 7 heteroatoms. The molecule has 0 spiro atoms. The number of anilines is 2. The van der Waals surface area contributed by atoms with Crippen molar-refractivity contribution >= 4 is 44.9 Å². The van der Waals surface area contributed by atoms with E-state index in [9.17, 15) is 14.4 Å². The van der Waals surface area contributed by atoms with Crippen LogP contribution in [0.25, 0.3) is 0 Å². The predicted octanol–water partition coefficient (Wildman–Crippen LogP) is 3.47. The molecule has 0 fully saturated rings. The van der Waals surface area contributed by atoms with Gasteiger partial charge in [-0.1, -0.05) is 28.1 Å². The third kappa shape index (κ3) is 6.62. The van der Waals surface area contributed by atoms with Crippen LogP contribution in [0.15, 0.2) is 46.9 Å². The molecule has 0 radical (unpaired) electrons. The quantitative estimate of drug-likeness (QED) is 0.657. The Hall–Kier alpha value is -2.51. The fourth-order valence-electron chi connectivity index (χ4n) is 2.52. The van der Waals surface area contributed by atoms with E-state index in [0.717, 1.165) is 15.7 Å². The number of likely N-dealkylation sites (N-methyl/N-ethyl adjacent to an activating group) is 1. The van der Waals surface area contributed by atoms with E-state index in [2.05, 4.69) is 26.6 Å². The molecule has 0 aliphatic heterocycles. The Morgan fingerprint density at radius 1 is 1.00 bits per heavy atom. The van der Waals surface area contributed by atoms with Crippen LogP contribution in [0, 0.1) is 6.92 Å². The Bertz CT molecular complexity index is 867. The van der Waals surface area contributed by atoms with E-state index in [1.165, 1.54) is 6.92 Å². The number of amides is 2. The number of rotatable bonds is 7. The number of Topliss-reactive ketones (excluding diaryl/α,β-unsaturated/α-hetero) is 1. The molecule has 0 saturated heterocycles. The van der Waals surface area contributed by atoms with Gasteiger partial charge in [-0.05, 0) is 56.8 Å².